The summed E-state index contributed by atoms with van der Waals surface area (Å²) in [6.07, 6.45) is 0. The van der Waals surface area contributed by atoms with E-state index in [1.54, 1.807) is 25.3 Å². The maximum atomic E-state index is 5.87. The maximum absolute atomic E-state index is 5.87. The monoisotopic (exact) mass is 227 g/mol. The lowest BCUT2D eigenvalue weighted by Gasteiger charge is -2.02. The van der Waals surface area contributed by atoms with Crippen LogP contribution in [0.15, 0.2) is 24.3 Å². The van der Waals surface area contributed by atoms with E-state index in [2.05, 4.69) is 4.98 Å². The molecule has 0 aliphatic rings. The van der Waals surface area contributed by atoms with Crippen LogP contribution in [-0.4, -0.2) is 12.1 Å². The van der Waals surface area contributed by atoms with Crippen molar-refractivity contribution in [2.45, 2.75) is 0 Å². The van der Waals surface area contributed by atoms with Gasteiger partial charge in [0, 0.05) is 11.5 Å². The molecule has 2 rings (SSSR count). The molecule has 2 aromatic rings. The van der Waals surface area contributed by atoms with Crippen molar-refractivity contribution in [3.8, 4) is 5.88 Å². The van der Waals surface area contributed by atoms with Crippen LogP contribution in [0.3, 0.4) is 0 Å². The van der Waals surface area contributed by atoms with E-state index >= 15 is 0 Å². The van der Waals surface area contributed by atoms with Crippen molar-refractivity contribution in [2.24, 2.45) is 0 Å². The summed E-state index contributed by atoms with van der Waals surface area (Å²) in [5, 5.41) is 1.98. The predicted octanol–water partition coefficient (Wildman–Crippen LogP) is 3.55. The largest absolute Gasteiger partial charge is 0.481 e. The molecule has 1 heterocycles. The normalized spacial score (nSPS) is 10.5. The number of hydrogen-bond donors (Lipinski definition) is 0. The van der Waals surface area contributed by atoms with Crippen LogP contribution in [0.2, 0.25) is 10.0 Å². The summed E-state index contributed by atoms with van der Waals surface area (Å²) in [6, 6.07) is 7.18. The Morgan fingerprint density at radius 1 is 1.14 bits per heavy atom. The fraction of sp³-hybridized carbons (Fsp3) is 0.100. The van der Waals surface area contributed by atoms with Crippen molar-refractivity contribution in [1.82, 2.24) is 4.98 Å². The third-order valence-corrected chi connectivity index (χ3v) is 2.64. The third-order valence-electron chi connectivity index (χ3n) is 1.91. The van der Waals surface area contributed by atoms with E-state index in [0.29, 0.717) is 15.9 Å². The highest BCUT2D eigenvalue weighted by Gasteiger charge is 2.02. The Morgan fingerprint density at radius 3 is 2.57 bits per heavy atom. The molecule has 0 atom stereocenters. The summed E-state index contributed by atoms with van der Waals surface area (Å²) in [5.41, 5.74) is 0.777. The molecule has 0 fully saturated rings. The Hall–Kier alpha value is -0.990. The molecule has 1 aromatic heterocycles. The maximum Gasteiger partial charge on any atom is 0.213 e. The second-order valence-electron chi connectivity index (χ2n) is 2.81. The summed E-state index contributed by atoms with van der Waals surface area (Å²) >= 11 is 11.7. The molecule has 2 nitrogen and oxygen atoms in total. The molecule has 0 bridgehead atoms. The van der Waals surface area contributed by atoms with E-state index < -0.39 is 0 Å². The number of pyridine rings is 1. The molecule has 0 N–H and O–H groups in total. The van der Waals surface area contributed by atoms with Gasteiger partial charge in [-0.1, -0.05) is 23.2 Å². The predicted molar refractivity (Wildman–Crippen MR) is 58.3 cm³/mol. The number of nitrogens with zero attached hydrogens (tertiary/aromatic N) is 1. The Kier molecular flexibility index (Phi) is 2.48. The van der Waals surface area contributed by atoms with Crippen molar-refractivity contribution in [3.05, 3.63) is 34.3 Å². The minimum absolute atomic E-state index is 0.500. The van der Waals surface area contributed by atoms with Crippen LogP contribution < -0.4 is 4.74 Å². The molecule has 0 saturated heterocycles. The molecule has 14 heavy (non-hydrogen) atoms. The van der Waals surface area contributed by atoms with Gasteiger partial charge in [-0.25, -0.2) is 4.98 Å². The first-order valence-electron chi connectivity index (χ1n) is 4.00. The van der Waals surface area contributed by atoms with Crippen LogP contribution in [0.5, 0.6) is 5.88 Å². The smallest absolute Gasteiger partial charge is 0.213 e. The average molecular weight is 228 g/mol. The van der Waals surface area contributed by atoms with Crippen molar-refractivity contribution in [1.29, 1.82) is 0 Å². The van der Waals surface area contributed by atoms with Gasteiger partial charge in [0.05, 0.1) is 22.7 Å². The molecule has 0 spiro atoms. The standard InChI is InChI=1S/C10H7Cl2NO/c1-14-10-3-2-6-4-7(11)8(12)5-9(6)13-10/h2-5H,1H3. The molecule has 0 radical (unpaired) electrons. The Balaban J connectivity index is 2.70. The van der Waals surface area contributed by atoms with Crippen LogP contribution in [0.25, 0.3) is 10.9 Å². The van der Waals surface area contributed by atoms with Crippen LogP contribution in [0, 0.1) is 0 Å². The second-order valence-corrected chi connectivity index (χ2v) is 3.63. The van der Waals surface area contributed by atoms with Gasteiger partial charge >= 0.3 is 0 Å². The highest BCUT2D eigenvalue weighted by Crippen LogP contribution is 2.27. The zero-order chi connectivity index (χ0) is 10.1. The molecule has 0 saturated carbocycles. The Labute approximate surface area is 91.4 Å². The summed E-state index contributed by atoms with van der Waals surface area (Å²) in [4.78, 5) is 4.23. The van der Waals surface area contributed by atoms with E-state index in [0.717, 1.165) is 10.9 Å². The molecule has 1 aromatic carbocycles. The molecule has 0 aliphatic heterocycles. The number of ether oxygens (including phenoxy) is 1. The first kappa shape index (κ1) is 9.56. The van der Waals surface area contributed by atoms with E-state index in [1.807, 2.05) is 6.07 Å². The molecule has 72 valence electrons. The number of hydrogen-bond acceptors (Lipinski definition) is 2. The van der Waals surface area contributed by atoms with Crippen molar-refractivity contribution in [3.63, 3.8) is 0 Å². The fourth-order valence-electron chi connectivity index (χ4n) is 1.21. The molecule has 4 heteroatoms. The van der Waals surface area contributed by atoms with Crippen LogP contribution in [-0.2, 0) is 0 Å². The highest BCUT2D eigenvalue weighted by molar-refractivity contribution is 6.42. The van der Waals surface area contributed by atoms with Gasteiger partial charge in [0.15, 0.2) is 0 Å². The van der Waals surface area contributed by atoms with Gasteiger partial charge < -0.3 is 4.74 Å². The Bertz CT molecular complexity index is 485. The number of halogens is 2. The number of rotatable bonds is 1. The van der Waals surface area contributed by atoms with Crippen molar-refractivity contribution < 1.29 is 4.74 Å². The van der Waals surface area contributed by atoms with Crippen LogP contribution in [0.4, 0.5) is 0 Å². The lowest BCUT2D eigenvalue weighted by Crippen LogP contribution is -1.87. The van der Waals surface area contributed by atoms with Gasteiger partial charge in [0.2, 0.25) is 5.88 Å². The summed E-state index contributed by atoms with van der Waals surface area (Å²) < 4.78 is 5.01. The average Bonchev–Trinajstić information content (AvgIpc) is 2.19. The van der Waals surface area contributed by atoms with Gasteiger partial charge in [-0.15, -0.1) is 0 Å². The lowest BCUT2D eigenvalue weighted by molar-refractivity contribution is 0.399. The summed E-state index contributed by atoms with van der Waals surface area (Å²) in [5.74, 6) is 0.566. The topological polar surface area (TPSA) is 22.1 Å². The van der Waals surface area contributed by atoms with Gasteiger partial charge in [-0.2, -0.15) is 0 Å². The van der Waals surface area contributed by atoms with Gasteiger partial charge in [-0.05, 0) is 18.2 Å². The van der Waals surface area contributed by atoms with Gasteiger partial charge in [0.25, 0.3) is 0 Å². The van der Waals surface area contributed by atoms with Crippen LogP contribution >= 0.6 is 23.2 Å². The van der Waals surface area contributed by atoms with E-state index in [9.17, 15) is 0 Å². The van der Waals surface area contributed by atoms with Crippen LogP contribution in [0.1, 0.15) is 0 Å². The molecular formula is C10H7Cl2NO. The number of benzene rings is 1. The first-order valence-corrected chi connectivity index (χ1v) is 4.76. The molecule has 0 unspecified atom stereocenters. The summed E-state index contributed by atoms with van der Waals surface area (Å²) in [6.45, 7) is 0. The number of methoxy groups -OCH3 is 1. The quantitative estimate of drug-likeness (QED) is 0.744. The fourth-order valence-corrected chi connectivity index (χ4v) is 1.54. The highest BCUT2D eigenvalue weighted by atomic mass is 35.5. The van der Waals surface area contributed by atoms with E-state index in [1.165, 1.54) is 0 Å². The number of fused-ring (bicyclic) bond motifs is 1. The number of aromatic nitrogens is 1. The SMILES string of the molecule is COc1ccc2cc(Cl)c(Cl)cc2n1. The molecule has 0 amide bonds. The molecule has 0 aliphatic carbocycles. The van der Waals surface area contributed by atoms with Crippen molar-refractivity contribution >= 4 is 34.1 Å². The van der Waals surface area contributed by atoms with Gasteiger partial charge in [-0.3, -0.25) is 0 Å². The third kappa shape index (κ3) is 1.63. The minimum Gasteiger partial charge on any atom is -0.481 e. The summed E-state index contributed by atoms with van der Waals surface area (Å²) in [7, 11) is 1.58. The van der Waals surface area contributed by atoms with Gasteiger partial charge in [0.1, 0.15) is 0 Å². The first-order chi connectivity index (χ1) is 6.70. The zero-order valence-electron chi connectivity index (χ0n) is 7.42. The molecular weight excluding hydrogens is 221 g/mol. The Morgan fingerprint density at radius 2 is 1.86 bits per heavy atom. The minimum atomic E-state index is 0.500. The lowest BCUT2D eigenvalue weighted by atomic mass is 10.2. The van der Waals surface area contributed by atoms with Crippen molar-refractivity contribution in [2.75, 3.05) is 7.11 Å². The van der Waals surface area contributed by atoms with E-state index in [-0.39, 0.29) is 0 Å². The second kappa shape index (κ2) is 3.64. The van der Waals surface area contributed by atoms with E-state index in [4.69, 9.17) is 27.9 Å². The zero-order valence-corrected chi connectivity index (χ0v) is 8.93.